The van der Waals surface area contributed by atoms with Crippen LogP contribution in [0.2, 0.25) is 0 Å². The van der Waals surface area contributed by atoms with Gasteiger partial charge in [0.15, 0.2) is 5.58 Å². The maximum Gasteiger partial charge on any atom is 0.420 e. The Morgan fingerprint density at radius 2 is 1.65 bits per heavy atom. The molecule has 2 amide bonds. The van der Waals surface area contributed by atoms with Crippen molar-refractivity contribution < 1.29 is 18.4 Å². The highest BCUT2D eigenvalue weighted by molar-refractivity contribution is 5.84. The van der Waals surface area contributed by atoms with Crippen LogP contribution in [0.3, 0.4) is 0 Å². The van der Waals surface area contributed by atoms with E-state index >= 15 is 0 Å². The van der Waals surface area contributed by atoms with E-state index in [1.165, 1.54) is 16.7 Å². The zero-order valence-electron chi connectivity index (χ0n) is 16.9. The van der Waals surface area contributed by atoms with E-state index < -0.39 is 5.76 Å². The number of halogens is 1. The van der Waals surface area contributed by atoms with Gasteiger partial charge < -0.3 is 14.2 Å². The summed E-state index contributed by atoms with van der Waals surface area (Å²) < 4.78 is 19.6. The van der Waals surface area contributed by atoms with Crippen molar-refractivity contribution in [2.45, 2.75) is 18.9 Å². The van der Waals surface area contributed by atoms with Crippen molar-refractivity contribution in [2.75, 3.05) is 26.2 Å². The molecule has 2 aliphatic rings. The molecule has 3 aromatic rings. The number of carbonyl (C=O) groups excluding carboxylic acids is 2. The van der Waals surface area contributed by atoms with E-state index in [-0.39, 0.29) is 36.0 Å². The number of hydrogen-bond acceptors (Lipinski definition) is 4. The topological polar surface area (TPSA) is 75.8 Å². The second-order valence-electron chi connectivity index (χ2n) is 8.13. The van der Waals surface area contributed by atoms with Gasteiger partial charge in [0.2, 0.25) is 11.8 Å². The molecule has 1 saturated carbocycles. The molecule has 0 unspecified atom stereocenters. The molecule has 1 aromatic heterocycles. The summed E-state index contributed by atoms with van der Waals surface area (Å²) in [6, 6.07) is 13.3. The first-order valence-electron chi connectivity index (χ1n) is 10.4. The third kappa shape index (κ3) is 3.73. The fourth-order valence-electron chi connectivity index (χ4n) is 4.36. The highest BCUT2D eigenvalue weighted by Gasteiger charge is 2.46. The van der Waals surface area contributed by atoms with Crippen molar-refractivity contribution in [2.24, 2.45) is 5.92 Å². The number of nitrogens with zero attached hydrogens (tertiary/aromatic N) is 3. The number of amides is 2. The average molecular weight is 423 g/mol. The number of hydrogen-bond donors (Lipinski definition) is 0. The Morgan fingerprint density at radius 1 is 0.968 bits per heavy atom. The Morgan fingerprint density at radius 3 is 2.39 bits per heavy atom. The van der Waals surface area contributed by atoms with Crippen LogP contribution in [0, 0.1) is 11.7 Å². The van der Waals surface area contributed by atoms with Crippen LogP contribution in [0.4, 0.5) is 4.39 Å². The van der Waals surface area contributed by atoms with E-state index in [4.69, 9.17) is 4.42 Å². The molecule has 2 atom stereocenters. The van der Waals surface area contributed by atoms with Gasteiger partial charge in [-0.25, -0.2) is 9.18 Å². The summed E-state index contributed by atoms with van der Waals surface area (Å²) in [4.78, 5) is 41.1. The van der Waals surface area contributed by atoms with E-state index in [2.05, 4.69) is 0 Å². The second kappa shape index (κ2) is 7.68. The second-order valence-corrected chi connectivity index (χ2v) is 8.13. The molecule has 31 heavy (non-hydrogen) atoms. The molecule has 2 aromatic carbocycles. The van der Waals surface area contributed by atoms with Crippen molar-refractivity contribution in [1.29, 1.82) is 0 Å². The largest absolute Gasteiger partial charge is 0.420 e. The Bertz CT molecular complexity index is 1190. The fraction of sp³-hybridized carbons (Fsp3) is 0.348. The highest BCUT2D eigenvalue weighted by atomic mass is 19.1. The van der Waals surface area contributed by atoms with E-state index in [9.17, 15) is 18.8 Å². The molecule has 1 aliphatic carbocycles. The van der Waals surface area contributed by atoms with Crippen LogP contribution in [0.15, 0.2) is 57.7 Å². The number of aromatic nitrogens is 1. The van der Waals surface area contributed by atoms with Crippen molar-refractivity contribution in [3.63, 3.8) is 0 Å². The number of oxazole rings is 1. The Balaban J connectivity index is 1.17. The van der Waals surface area contributed by atoms with Crippen LogP contribution in [0.5, 0.6) is 0 Å². The van der Waals surface area contributed by atoms with E-state index in [0.29, 0.717) is 37.3 Å². The van der Waals surface area contributed by atoms with Gasteiger partial charge in [-0.05, 0) is 42.2 Å². The quantitative estimate of drug-likeness (QED) is 0.645. The lowest BCUT2D eigenvalue weighted by molar-refractivity contribution is -0.140. The summed E-state index contributed by atoms with van der Waals surface area (Å²) in [7, 11) is 0. The third-order valence-electron chi connectivity index (χ3n) is 6.22. The van der Waals surface area contributed by atoms with Crippen molar-refractivity contribution >= 4 is 22.9 Å². The van der Waals surface area contributed by atoms with Gasteiger partial charge in [0.05, 0.1) is 5.52 Å². The van der Waals surface area contributed by atoms with Gasteiger partial charge in [-0.3, -0.25) is 14.2 Å². The SMILES string of the molecule is O=C(Cn1c(=O)oc2ccccc21)N1CCN(C(=O)[C@H]2C[C@H]2c2ccc(F)cc2)CC1. The maximum atomic E-state index is 13.1. The predicted molar refractivity (Wildman–Crippen MR) is 111 cm³/mol. The maximum absolute atomic E-state index is 13.1. The van der Waals surface area contributed by atoms with Crippen LogP contribution in [0.1, 0.15) is 17.9 Å². The first kappa shape index (κ1) is 19.5. The number of carbonyl (C=O) groups is 2. The summed E-state index contributed by atoms with van der Waals surface area (Å²) in [5, 5.41) is 0. The molecule has 0 bridgehead atoms. The van der Waals surface area contributed by atoms with Gasteiger partial charge in [-0.15, -0.1) is 0 Å². The molecule has 160 valence electrons. The van der Waals surface area contributed by atoms with Gasteiger partial charge in [-0.1, -0.05) is 24.3 Å². The van der Waals surface area contributed by atoms with Crippen molar-refractivity contribution in [3.8, 4) is 0 Å². The third-order valence-corrected chi connectivity index (χ3v) is 6.22. The summed E-state index contributed by atoms with van der Waals surface area (Å²) in [5.41, 5.74) is 2.04. The molecular formula is C23H22FN3O4. The van der Waals surface area contributed by atoms with E-state index in [1.54, 1.807) is 46.2 Å². The first-order chi connectivity index (χ1) is 15.0. The van der Waals surface area contributed by atoms with Crippen molar-refractivity contribution in [1.82, 2.24) is 14.4 Å². The Labute approximate surface area is 177 Å². The molecule has 0 N–H and O–H groups in total. The number of fused-ring (bicyclic) bond motifs is 1. The molecule has 5 rings (SSSR count). The van der Waals surface area contributed by atoms with Gasteiger partial charge in [0.1, 0.15) is 12.4 Å². The number of benzene rings is 2. The van der Waals surface area contributed by atoms with Crippen LogP contribution < -0.4 is 5.76 Å². The lowest BCUT2D eigenvalue weighted by Crippen LogP contribution is -2.52. The lowest BCUT2D eigenvalue weighted by Gasteiger charge is -2.35. The molecule has 0 radical (unpaired) electrons. The summed E-state index contributed by atoms with van der Waals surface area (Å²) in [6.45, 7) is 1.72. The number of piperazine rings is 1. The van der Waals surface area contributed by atoms with Crippen LogP contribution in [-0.4, -0.2) is 52.4 Å². The minimum Gasteiger partial charge on any atom is -0.408 e. The summed E-state index contributed by atoms with van der Waals surface area (Å²) in [6.07, 6.45) is 0.778. The van der Waals surface area contributed by atoms with Gasteiger partial charge in [-0.2, -0.15) is 0 Å². The molecule has 1 saturated heterocycles. The smallest absolute Gasteiger partial charge is 0.408 e. The molecule has 1 aliphatic heterocycles. The van der Waals surface area contributed by atoms with Crippen LogP contribution in [-0.2, 0) is 16.1 Å². The van der Waals surface area contributed by atoms with Gasteiger partial charge >= 0.3 is 5.76 Å². The predicted octanol–water partition coefficient (Wildman–Crippen LogP) is 2.21. The average Bonchev–Trinajstić information content (AvgIpc) is 3.52. The molecule has 7 nitrogen and oxygen atoms in total. The zero-order chi connectivity index (χ0) is 21.5. The molecule has 2 heterocycles. The number of para-hydroxylation sites is 2. The van der Waals surface area contributed by atoms with E-state index in [1.807, 2.05) is 0 Å². The summed E-state index contributed by atoms with van der Waals surface area (Å²) >= 11 is 0. The van der Waals surface area contributed by atoms with Crippen LogP contribution in [0.25, 0.3) is 11.1 Å². The van der Waals surface area contributed by atoms with Crippen molar-refractivity contribution in [3.05, 3.63) is 70.5 Å². The first-order valence-corrected chi connectivity index (χ1v) is 10.4. The fourth-order valence-corrected chi connectivity index (χ4v) is 4.36. The standard InChI is InChI=1S/C23H22FN3O4/c24-16-7-5-15(6-8-16)17-13-18(17)22(29)26-11-9-25(10-12-26)21(28)14-27-19-3-1-2-4-20(19)31-23(27)30/h1-8,17-18H,9-14H2/t17-,18-/m0/s1. The molecular weight excluding hydrogens is 401 g/mol. The molecule has 2 fully saturated rings. The Kier molecular flexibility index (Phi) is 4.84. The Hall–Kier alpha value is -3.42. The van der Waals surface area contributed by atoms with Gasteiger partial charge in [0, 0.05) is 32.1 Å². The minimum absolute atomic E-state index is 0.0661. The molecule has 8 heteroatoms. The molecule has 0 spiro atoms. The normalized spacial score (nSPS) is 20.8. The zero-order valence-corrected chi connectivity index (χ0v) is 16.9. The van der Waals surface area contributed by atoms with Crippen LogP contribution >= 0.6 is 0 Å². The highest BCUT2D eigenvalue weighted by Crippen LogP contribution is 2.48. The summed E-state index contributed by atoms with van der Waals surface area (Å²) in [5.74, 6) is -0.824. The van der Waals surface area contributed by atoms with E-state index in [0.717, 1.165) is 12.0 Å². The lowest BCUT2D eigenvalue weighted by atomic mass is 10.1. The van der Waals surface area contributed by atoms with Gasteiger partial charge in [0.25, 0.3) is 0 Å². The minimum atomic E-state index is -0.552. The monoisotopic (exact) mass is 423 g/mol. The number of rotatable bonds is 4.